The van der Waals surface area contributed by atoms with E-state index in [4.69, 9.17) is 4.74 Å². The monoisotopic (exact) mass is 343 g/mol. The highest BCUT2D eigenvalue weighted by molar-refractivity contribution is 9.10. The molecule has 2 N–H and O–H groups in total. The van der Waals surface area contributed by atoms with E-state index in [1.165, 1.54) is 0 Å². The lowest BCUT2D eigenvalue weighted by atomic mass is 10.0. The molecule has 0 aliphatic rings. The fourth-order valence-corrected chi connectivity index (χ4v) is 1.87. The average Bonchev–Trinajstić information content (AvgIpc) is 2.35. The molecule has 0 spiro atoms. The van der Waals surface area contributed by atoms with Crippen LogP contribution >= 0.6 is 15.9 Å². The quantitative estimate of drug-likeness (QED) is 0.864. The Bertz CT molecular complexity index is 439. The van der Waals surface area contributed by atoms with E-state index in [-0.39, 0.29) is 24.2 Å². The van der Waals surface area contributed by atoms with Crippen LogP contribution in [-0.4, -0.2) is 29.3 Å². The third-order valence-electron chi connectivity index (χ3n) is 2.71. The summed E-state index contributed by atoms with van der Waals surface area (Å²) in [4.78, 5) is 11.7. The number of hydrogen-bond donors (Lipinski definition) is 2. The van der Waals surface area contributed by atoms with E-state index in [9.17, 15) is 9.90 Å². The Kier molecular flexibility index (Phi) is 6.17. The molecule has 1 amide bonds. The van der Waals surface area contributed by atoms with Crippen molar-refractivity contribution in [2.24, 2.45) is 0 Å². The molecule has 0 saturated carbocycles. The molecule has 0 fully saturated rings. The van der Waals surface area contributed by atoms with Crippen molar-refractivity contribution < 1.29 is 14.6 Å². The highest BCUT2D eigenvalue weighted by atomic mass is 79.9. The Labute approximate surface area is 128 Å². The normalized spacial score (nSPS) is 14.7. The molecule has 0 heterocycles. The molecule has 1 rings (SSSR count). The average molecular weight is 344 g/mol. The summed E-state index contributed by atoms with van der Waals surface area (Å²) in [6.07, 6.45) is -0.748. The first-order chi connectivity index (χ1) is 9.19. The molecule has 1 aromatic rings. The van der Waals surface area contributed by atoms with Crippen LogP contribution in [0.2, 0.25) is 0 Å². The van der Waals surface area contributed by atoms with Gasteiger partial charge >= 0.3 is 0 Å². The zero-order valence-corrected chi connectivity index (χ0v) is 13.9. The zero-order chi connectivity index (χ0) is 15.3. The Morgan fingerprint density at radius 3 is 2.40 bits per heavy atom. The minimum absolute atomic E-state index is 0.0130. The molecule has 0 aliphatic carbocycles. The zero-order valence-electron chi connectivity index (χ0n) is 12.3. The number of rotatable bonds is 5. The van der Waals surface area contributed by atoms with Gasteiger partial charge in [-0.3, -0.25) is 4.79 Å². The van der Waals surface area contributed by atoms with Crippen LogP contribution in [0.4, 0.5) is 0 Å². The number of ether oxygens (including phenoxy) is 1. The lowest BCUT2D eigenvalue weighted by Crippen LogP contribution is -2.40. The Balaban J connectivity index is 2.51. The maximum Gasteiger partial charge on any atom is 0.246 e. The van der Waals surface area contributed by atoms with Crippen molar-refractivity contribution in [3.8, 4) is 0 Å². The summed E-state index contributed by atoms with van der Waals surface area (Å²) >= 11 is 3.34. The largest absolute Gasteiger partial charge is 0.386 e. The van der Waals surface area contributed by atoms with Crippen molar-refractivity contribution in [3.63, 3.8) is 0 Å². The molecule has 0 aliphatic heterocycles. The molecule has 4 nitrogen and oxygen atoms in total. The maximum absolute atomic E-state index is 11.7. The minimum atomic E-state index is -0.748. The van der Waals surface area contributed by atoms with Gasteiger partial charge in [0.15, 0.2) is 0 Å². The molecule has 112 valence electrons. The second-order valence-corrected chi connectivity index (χ2v) is 6.67. The van der Waals surface area contributed by atoms with Gasteiger partial charge in [0.2, 0.25) is 5.91 Å². The third-order valence-corrected chi connectivity index (χ3v) is 3.24. The lowest BCUT2D eigenvalue weighted by molar-refractivity contribution is -0.131. The SMILES string of the molecule is C[C@@H](NC(=O)COC(C)(C)C)[C@H](O)c1ccc(Br)cc1. The standard InChI is InChI=1S/C15H22BrNO3/c1-10(17-13(18)9-20-15(2,3)4)14(19)11-5-7-12(16)8-6-11/h5-8,10,14,19H,9H2,1-4H3,(H,17,18)/t10-,14+/m1/s1. The Morgan fingerprint density at radius 2 is 1.90 bits per heavy atom. The van der Waals surface area contributed by atoms with Gasteiger partial charge in [0.1, 0.15) is 6.61 Å². The van der Waals surface area contributed by atoms with Gasteiger partial charge in [-0.25, -0.2) is 0 Å². The fourth-order valence-electron chi connectivity index (χ4n) is 1.61. The van der Waals surface area contributed by atoms with E-state index in [0.29, 0.717) is 0 Å². The number of hydrogen-bond acceptors (Lipinski definition) is 3. The predicted molar refractivity (Wildman–Crippen MR) is 82.4 cm³/mol. The van der Waals surface area contributed by atoms with E-state index in [0.717, 1.165) is 10.0 Å². The van der Waals surface area contributed by atoms with E-state index < -0.39 is 6.10 Å². The van der Waals surface area contributed by atoms with Crippen LogP contribution in [-0.2, 0) is 9.53 Å². The molecular formula is C15H22BrNO3. The molecule has 0 unspecified atom stereocenters. The van der Waals surface area contributed by atoms with Crippen molar-refractivity contribution >= 4 is 21.8 Å². The van der Waals surface area contributed by atoms with Gasteiger partial charge in [-0.1, -0.05) is 28.1 Å². The van der Waals surface area contributed by atoms with Crippen LogP contribution < -0.4 is 5.32 Å². The summed E-state index contributed by atoms with van der Waals surface area (Å²) in [5.41, 5.74) is 0.406. The maximum atomic E-state index is 11.7. The van der Waals surface area contributed by atoms with Crippen molar-refractivity contribution in [2.75, 3.05) is 6.61 Å². The molecule has 2 atom stereocenters. The summed E-state index contributed by atoms with van der Waals surface area (Å²) in [7, 11) is 0. The van der Waals surface area contributed by atoms with Gasteiger partial charge in [0.25, 0.3) is 0 Å². The highest BCUT2D eigenvalue weighted by Crippen LogP contribution is 2.19. The summed E-state index contributed by atoms with van der Waals surface area (Å²) in [6, 6.07) is 6.98. The number of benzene rings is 1. The summed E-state index contributed by atoms with van der Waals surface area (Å²) in [5, 5.41) is 12.9. The number of aliphatic hydroxyl groups is 1. The van der Waals surface area contributed by atoms with E-state index in [1.54, 1.807) is 6.92 Å². The van der Waals surface area contributed by atoms with E-state index in [1.807, 2.05) is 45.0 Å². The van der Waals surface area contributed by atoms with Gasteiger partial charge in [-0.05, 0) is 45.4 Å². The summed E-state index contributed by atoms with van der Waals surface area (Å²) in [6.45, 7) is 7.42. The lowest BCUT2D eigenvalue weighted by Gasteiger charge is -2.23. The fraction of sp³-hybridized carbons (Fsp3) is 0.533. The first-order valence-corrected chi connectivity index (χ1v) is 7.35. The molecular weight excluding hydrogens is 322 g/mol. The van der Waals surface area contributed by atoms with Crippen molar-refractivity contribution in [2.45, 2.75) is 45.4 Å². The number of halogens is 1. The summed E-state index contributed by atoms with van der Waals surface area (Å²) < 4.78 is 6.34. The molecule has 0 radical (unpaired) electrons. The number of carbonyl (C=O) groups is 1. The molecule has 1 aromatic carbocycles. The second kappa shape index (κ2) is 7.20. The number of amides is 1. The number of aliphatic hydroxyl groups excluding tert-OH is 1. The molecule has 20 heavy (non-hydrogen) atoms. The number of nitrogens with one attached hydrogen (secondary N) is 1. The van der Waals surface area contributed by atoms with Crippen LogP contribution in [0.15, 0.2) is 28.7 Å². The van der Waals surface area contributed by atoms with Crippen molar-refractivity contribution in [1.29, 1.82) is 0 Å². The van der Waals surface area contributed by atoms with E-state index in [2.05, 4.69) is 21.2 Å². The van der Waals surface area contributed by atoms with Crippen LogP contribution in [0, 0.1) is 0 Å². The topological polar surface area (TPSA) is 58.6 Å². The van der Waals surface area contributed by atoms with Crippen LogP contribution in [0.25, 0.3) is 0 Å². The summed E-state index contributed by atoms with van der Waals surface area (Å²) in [5.74, 6) is -0.233. The first-order valence-electron chi connectivity index (χ1n) is 6.56. The van der Waals surface area contributed by atoms with Gasteiger partial charge in [-0.15, -0.1) is 0 Å². The minimum Gasteiger partial charge on any atom is -0.386 e. The highest BCUT2D eigenvalue weighted by Gasteiger charge is 2.19. The smallest absolute Gasteiger partial charge is 0.246 e. The second-order valence-electron chi connectivity index (χ2n) is 5.75. The Morgan fingerprint density at radius 1 is 1.35 bits per heavy atom. The predicted octanol–water partition coefficient (Wildman–Crippen LogP) is 2.80. The first kappa shape index (κ1) is 17.1. The van der Waals surface area contributed by atoms with Gasteiger partial charge < -0.3 is 15.2 Å². The molecule has 0 aromatic heterocycles. The van der Waals surface area contributed by atoms with Crippen LogP contribution in [0.5, 0.6) is 0 Å². The van der Waals surface area contributed by atoms with Crippen LogP contribution in [0.3, 0.4) is 0 Å². The third kappa shape index (κ3) is 6.03. The molecule has 0 saturated heterocycles. The van der Waals surface area contributed by atoms with Crippen molar-refractivity contribution in [1.82, 2.24) is 5.32 Å². The van der Waals surface area contributed by atoms with Crippen LogP contribution in [0.1, 0.15) is 39.4 Å². The van der Waals surface area contributed by atoms with Gasteiger partial charge in [0.05, 0.1) is 17.7 Å². The van der Waals surface area contributed by atoms with Gasteiger partial charge in [-0.2, -0.15) is 0 Å². The van der Waals surface area contributed by atoms with Crippen molar-refractivity contribution in [3.05, 3.63) is 34.3 Å². The number of carbonyl (C=O) groups excluding carboxylic acids is 1. The molecule has 0 bridgehead atoms. The molecule has 5 heteroatoms. The Hall–Kier alpha value is -0.910. The van der Waals surface area contributed by atoms with E-state index >= 15 is 0 Å². The van der Waals surface area contributed by atoms with Gasteiger partial charge in [0, 0.05) is 4.47 Å².